The van der Waals surface area contributed by atoms with Gasteiger partial charge in [0.15, 0.2) is 17.1 Å². The lowest BCUT2D eigenvalue weighted by atomic mass is 10.0. The third kappa shape index (κ3) is 4.56. The summed E-state index contributed by atoms with van der Waals surface area (Å²) in [6, 6.07) is 14.0. The largest absolute Gasteiger partial charge is 0.320 e. The minimum Gasteiger partial charge on any atom is -0.320 e. The van der Waals surface area contributed by atoms with E-state index in [-0.39, 0.29) is 27.6 Å². The van der Waals surface area contributed by atoms with Gasteiger partial charge in [-0.25, -0.2) is 27.1 Å². The van der Waals surface area contributed by atoms with Crippen molar-refractivity contribution in [2.75, 3.05) is 5.32 Å². The number of hydrogen-bond donors (Lipinski definition) is 1. The molecule has 0 fully saturated rings. The van der Waals surface area contributed by atoms with Crippen LogP contribution in [0.15, 0.2) is 60.7 Å². The molecule has 2 heterocycles. The highest BCUT2D eigenvalue weighted by atomic mass is 35.5. The van der Waals surface area contributed by atoms with Gasteiger partial charge in [0, 0.05) is 22.2 Å². The zero-order valence-electron chi connectivity index (χ0n) is 16.5. The molecule has 0 bridgehead atoms. The lowest BCUT2D eigenvalue weighted by Gasteiger charge is -2.10. The number of rotatable bonds is 6. The van der Waals surface area contributed by atoms with Crippen LogP contribution in [-0.2, 0) is 0 Å². The number of ketones is 1. The second-order valence-corrected chi connectivity index (χ2v) is 7.28. The fourth-order valence-electron chi connectivity index (χ4n) is 3.14. The van der Waals surface area contributed by atoms with E-state index in [1.54, 1.807) is 30.3 Å². The molecule has 1 N–H and O–H groups in total. The molecule has 4 aromatic rings. The first-order valence-electron chi connectivity index (χ1n) is 9.42. The third-order valence-electron chi connectivity index (χ3n) is 4.66. The predicted molar refractivity (Wildman–Crippen MR) is 112 cm³/mol. The summed E-state index contributed by atoms with van der Waals surface area (Å²) < 4.78 is 53.4. The number of hydrogen-bond acceptors (Lipinski definition) is 4. The molecule has 2 aromatic carbocycles. The molecule has 6 nitrogen and oxygen atoms in total. The van der Waals surface area contributed by atoms with Crippen molar-refractivity contribution >= 4 is 34.6 Å². The number of amides is 1. The molecule has 0 spiro atoms. The number of anilines is 1. The van der Waals surface area contributed by atoms with E-state index in [0.717, 1.165) is 6.07 Å². The Kier molecular flexibility index (Phi) is 6.10. The summed E-state index contributed by atoms with van der Waals surface area (Å²) in [5, 5.41) is 6.54. The summed E-state index contributed by atoms with van der Waals surface area (Å²) in [7, 11) is 0. The molecule has 1 amide bonds. The fraction of sp³-hybridized carbons (Fsp3) is 0.0909. The maximum atomic E-state index is 13.4. The number of carbonyl (C=O) groups excluding carboxylic acids is 2. The van der Waals surface area contributed by atoms with E-state index in [1.807, 2.05) is 0 Å². The molecule has 0 aliphatic heterocycles. The van der Waals surface area contributed by atoms with Crippen LogP contribution in [0.25, 0.3) is 5.65 Å². The summed E-state index contributed by atoms with van der Waals surface area (Å²) in [6.45, 7) is 0. The predicted octanol–water partition coefficient (Wildman–Crippen LogP) is 5.74. The molecular formula is C22H13ClF4N4O2. The van der Waals surface area contributed by atoms with E-state index in [2.05, 4.69) is 15.4 Å². The Morgan fingerprint density at radius 1 is 0.939 bits per heavy atom. The van der Waals surface area contributed by atoms with Gasteiger partial charge in [-0.15, -0.1) is 0 Å². The Morgan fingerprint density at radius 2 is 1.67 bits per heavy atom. The molecule has 0 saturated heterocycles. The number of benzene rings is 2. The molecule has 11 heteroatoms. The summed E-state index contributed by atoms with van der Waals surface area (Å²) >= 11 is 6.02. The van der Waals surface area contributed by atoms with Crippen molar-refractivity contribution < 1.29 is 27.2 Å². The van der Waals surface area contributed by atoms with Gasteiger partial charge < -0.3 is 5.32 Å². The third-order valence-corrected chi connectivity index (χ3v) is 4.90. The van der Waals surface area contributed by atoms with Gasteiger partial charge in [-0.1, -0.05) is 41.9 Å². The van der Waals surface area contributed by atoms with Crippen LogP contribution >= 0.6 is 11.6 Å². The van der Waals surface area contributed by atoms with Crippen LogP contribution in [0, 0.1) is 0 Å². The zero-order chi connectivity index (χ0) is 23.7. The van der Waals surface area contributed by atoms with Gasteiger partial charge >= 0.3 is 0 Å². The fourth-order valence-corrected chi connectivity index (χ4v) is 3.31. The van der Waals surface area contributed by atoms with Crippen LogP contribution in [0.1, 0.15) is 50.6 Å². The first-order chi connectivity index (χ1) is 15.7. The molecule has 0 saturated carbocycles. The van der Waals surface area contributed by atoms with E-state index in [4.69, 9.17) is 11.6 Å². The topological polar surface area (TPSA) is 76.4 Å². The molecule has 4 rings (SSSR count). The van der Waals surface area contributed by atoms with Gasteiger partial charge in [-0.2, -0.15) is 5.10 Å². The molecule has 0 aliphatic carbocycles. The lowest BCUT2D eigenvalue weighted by Crippen LogP contribution is -2.16. The van der Waals surface area contributed by atoms with Crippen LogP contribution in [0.3, 0.4) is 0 Å². The van der Waals surface area contributed by atoms with Crippen molar-refractivity contribution in [3.8, 4) is 0 Å². The number of carbonyl (C=O) groups is 2. The van der Waals surface area contributed by atoms with Crippen molar-refractivity contribution in [1.82, 2.24) is 14.6 Å². The Morgan fingerprint density at radius 3 is 2.33 bits per heavy atom. The minimum atomic E-state index is -3.13. The van der Waals surface area contributed by atoms with Crippen molar-refractivity contribution in [2.45, 2.75) is 12.9 Å². The monoisotopic (exact) mass is 476 g/mol. The first kappa shape index (κ1) is 22.4. The highest BCUT2D eigenvalue weighted by Gasteiger charge is 2.23. The van der Waals surface area contributed by atoms with E-state index in [9.17, 15) is 27.2 Å². The number of fused-ring (bicyclic) bond motifs is 1. The van der Waals surface area contributed by atoms with Crippen molar-refractivity contribution in [2.24, 2.45) is 0 Å². The second kappa shape index (κ2) is 8.99. The van der Waals surface area contributed by atoms with Gasteiger partial charge in [0.2, 0.25) is 0 Å². The Balaban J connectivity index is 1.71. The maximum absolute atomic E-state index is 13.4. The van der Waals surface area contributed by atoms with Gasteiger partial charge in [0.25, 0.3) is 18.8 Å². The zero-order valence-corrected chi connectivity index (χ0v) is 17.2. The van der Waals surface area contributed by atoms with E-state index < -0.39 is 35.9 Å². The summed E-state index contributed by atoms with van der Waals surface area (Å²) in [6.07, 6.45) is -6.21. The molecule has 0 aliphatic rings. The quantitative estimate of drug-likeness (QED) is 0.284. The van der Waals surface area contributed by atoms with Crippen LogP contribution in [0.5, 0.6) is 0 Å². The molecule has 168 valence electrons. The van der Waals surface area contributed by atoms with Gasteiger partial charge in [-0.3, -0.25) is 9.59 Å². The summed E-state index contributed by atoms with van der Waals surface area (Å²) in [4.78, 5) is 29.3. The normalized spacial score (nSPS) is 11.4. The van der Waals surface area contributed by atoms with Crippen LogP contribution in [-0.4, -0.2) is 26.3 Å². The van der Waals surface area contributed by atoms with E-state index in [1.165, 1.54) is 18.2 Å². The standard InChI is InChI=1S/C22H13ClF4N4O2/c23-12-6-7-14(13(8-12)19(32)11-4-2-1-3-5-11)29-22(33)16-10-18-28-15(20(24)25)9-17(21(26)27)31(18)30-16/h1-10,20-21H,(H,29,33). The number of halogens is 5. The van der Waals surface area contributed by atoms with Crippen molar-refractivity contribution in [3.63, 3.8) is 0 Å². The lowest BCUT2D eigenvalue weighted by molar-refractivity contribution is 0.102. The van der Waals surface area contributed by atoms with Crippen LogP contribution < -0.4 is 5.32 Å². The molecule has 0 unspecified atom stereocenters. The number of aromatic nitrogens is 3. The van der Waals surface area contributed by atoms with Crippen molar-refractivity contribution in [1.29, 1.82) is 0 Å². The number of nitrogens with one attached hydrogen (secondary N) is 1. The highest BCUT2D eigenvalue weighted by molar-refractivity contribution is 6.31. The average molecular weight is 477 g/mol. The van der Waals surface area contributed by atoms with Crippen LogP contribution in [0.2, 0.25) is 5.02 Å². The first-order valence-corrected chi connectivity index (χ1v) is 9.80. The summed E-state index contributed by atoms with van der Waals surface area (Å²) in [5.41, 5.74) is -1.84. The number of alkyl halides is 4. The second-order valence-electron chi connectivity index (χ2n) is 6.85. The SMILES string of the molecule is O=C(Nc1ccc(Cl)cc1C(=O)c1ccccc1)c1cc2nc(C(F)F)cc(C(F)F)n2n1. The highest BCUT2D eigenvalue weighted by Crippen LogP contribution is 2.27. The van der Waals surface area contributed by atoms with Crippen molar-refractivity contribution in [3.05, 3.63) is 93.9 Å². The Hall–Kier alpha value is -3.79. The maximum Gasteiger partial charge on any atom is 0.280 e. The number of nitrogens with zero attached hydrogens (tertiary/aromatic N) is 3. The molecular weight excluding hydrogens is 464 g/mol. The smallest absolute Gasteiger partial charge is 0.280 e. The van der Waals surface area contributed by atoms with Crippen LogP contribution in [0.4, 0.5) is 23.2 Å². The Labute approximate surface area is 188 Å². The molecule has 2 aromatic heterocycles. The van der Waals surface area contributed by atoms with Gasteiger partial charge in [-0.05, 0) is 24.3 Å². The minimum absolute atomic E-state index is 0.0946. The van der Waals surface area contributed by atoms with Gasteiger partial charge in [0.05, 0.1) is 5.69 Å². The van der Waals surface area contributed by atoms with E-state index in [0.29, 0.717) is 16.1 Å². The Bertz CT molecular complexity index is 1360. The molecule has 0 atom stereocenters. The summed E-state index contributed by atoms with van der Waals surface area (Å²) in [5.74, 6) is -1.27. The van der Waals surface area contributed by atoms with E-state index >= 15 is 0 Å². The molecule has 33 heavy (non-hydrogen) atoms. The average Bonchev–Trinajstić information content (AvgIpc) is 3.24. The van der Waals surface area contributed by atoms with Gasteiger partial charge in [0.1, 0.15) is 11.4 Å². The molecule has 0 radical (unpaired) electrons.